The zero-order valence-corrected chi connectivity index (χ0v) is 19.3. The number of hydrazone groups is 1. The van der Waals surface area contributed by atoms with Gasteiger partial charge in [-0.05, 0) is 47.5 Å². The minimum Gasteiger partial charge on any atom is -0.504 e. The fraction of sp³-hybridized carbons (Fsp3) is 0.125. The molecule has 33 heavy (non-hydrogen) atoms. The lowest BCUT2D eigenvalue weighted by Crippen LogP contribution is -2.20. The molecular formula is C24H21ClN4O3S. The van der Waals surface area contributed by atoms with Gasteiger partial charge in [0.25, 0.3) is 5.91 Å². The number of fused-ring (bicyclic) bond motifs is 1. The van der Waals surface area contributed by atoms with Crippen LogP contribution in [0.15, 0.2) is 77.0 Å². The van der Waals surface area contributed by atoms with E-state index in [0.29, 0.717) is 22.9 Å². The van der Waals surface area contributed by atoms with Crippen molar-refractivity contribution in [2.24, 2.45) is 5.10 Å². The highest BCUT2D eigenvalue weighted by molar-refractivity contribution is 7.99. The lowest BCUT2D eigenvalue weighted by molar-refractivity contribution is -0.118. The summed E-state index contributed by atoms with van der Waals surface area (Å²) in [5.74, 6) is 0.244. The monoisotopic (exact) mass is 480 g/mol. The molecule has 0 spiro atoms. The highest BCUT2D eigenvalue weighted by Gasteiger charge is 2.14. The summed E-state index contributed by atoms with van der Waals surface area (Å²) in [7, 11) is 1.47. The molecule has 1 aromatic heterocycles. The second-order valence-corrected chi connectivity index (χ2v) is 8.42. The van der Waals surface area contributed by atoms with E-state index < -0.39 is 0 Å². The van der Waals surface area contributed by atoms with E-state index in [2.05, 4.69) is 15.1 Å². The van der Waals surface area contributed by atoms with E-state index in [-0.39, 0.29) is 17.4 Å². The van der Waals surface area contributed by atoms with Crippen LogP contribution in [0, 0.1) is 0 Å². The first kappa shape index (κ1) is 22.7. The molecule has 0 aliphatic carbocycles. The Morgan fingerprint density at radius 2 is 2.00 bits per heavy atom. The zero-order chi connectivity index (χ0) is 23.2. The number of benzene rings is 3. The minimum absolute atomic E-state index is 0.0368. The molecule has 1 heterocycles. The molecule has 0 radical (unpaired) electrons. The molecule has 0 atom stereocenters. The largest absolute Gasteiger partial charge is 0.504 e. The molecule has 7 nitrogen and oxygen atoms in total. The van der Waals surface area contributed by atoms with Crippen molar-refractivity contribution in [2.75, 3.05) is 12.9 Å². The Balaban J connectivity index is 1.44. The van der Waals surface area contributed by atoms with Crippen molar-refractivity contribution in [3.8, 4) is 11.5 Å². The van der Waals surface area contributed by atoms with Crippen molar-refractivity contribution >= 4 is 46.5 Å². The number of aromatic nitrogens is 2. The van der Waals surface area contributed by atoms with Crippen LogP contribution in [0.2, 0.25) is 5.02 Å². The summed E-state index contributed by atoms with van der Waals surface area (Å²) in [4.78, 5) is 17.0. The van der Waals surface area contributed by atoms with Crippen LogP contribution in [0.1, 0.15) is 11.1 Å². The lowest BCUT2D eigenvalue weighted by atomic mass is 10.2. The van der Waals surface area contributed by atoms with Crippen molar-refractivity contribution in [3.05, 3.63) is 82.9 Å². The Morgan fingerprint density at radius 3 is 2.82 bits per heavy atom. The molecule has 0 unspecified atom stereocenters. The predicted molar refractivity (Wildman–Crippen MR) is 131 cm³/mol. The van der Waals surface area contributed by atoms with Gasteiger partial charge >= 0.3 is 0 Å². The van der Waals surface area contributed by atoms with Crippen LogP contribution in [-0.4, -0.2) is 39.6 Å². The van der Waals surface area contributed by atoms with Gasteiger partial charge in [0.1, 0.15) is 0 Å². The van der Waals surface area contributed by atoms with Crippen molar-refractivity contribution in [2.45, 2.75) is 11.7 Å². The Hall–Kier alpha value is -3.49. The van der Waals surface area contributed by atoms with E-state index in [9.17, 15) is 9.90 Å². The van der Waals surface area contributed by atoms with Gasteiger partial charge in [-0.1, -0.05) is 53.7 Å². The number of para-hydroxylation sites is 2. The summed E-state index contributed by atoms with van der Waals surface area (Å²) in [6.45, 7) is 0.547. The van der Waals surface area contributed by atoms with Crippen molar-refractivity contribution in [3.63, 3.8) is 0 Å². The molecule has 0 saturated heterocycles. The number of phenolic OH excluding ortho intramolecular Hbond substituents is 1. The number of imidazole rings is 1. The van der Waals surface area contributed by atoms with Crippen LogP contribution < -0.4 is 10.2 Å². The van der Waals surface area contributed by atoms with Gasteiger partial charge in [-0.15, -0.1) is 0 Å². The second kappa shape index (κ2) is 10.4. The maximum atomic E-state index is 12.4. The Morgan fingerprint density at radius 1 is 1.21 bits per heavy atom. The standard InChI is InChI=1S/C24H21ClN4O3S/c1-32-22-12-16(10-11-21(22)30)13-26-28-23(31)15-33-24-27-19-8-4-5-9-20(19)29(24)14-17-6-2-3-7-18(17)25/h2-13,30H,14-15H2,1H3,(H,28,31)/b26-13-. The summed E-state index contributed by atoms with van der Waals surface area (Å²) in [6.07, 6.45) is 1.48. The van der Waals surface area contributed by atoms with Crippen LogP contribution >= 0.6 is 23.4 Å². The molecule has 2 N–H and O–H groups in total. The van der Waals surface area contributed by atoms with Gasteiger partial charge < -0.3 is 14.4 Å². The quantitative estimate of drug-likeness (QED) is 0.217. The minimum atomic E-state index is -0.265. The molecular weight excluding hydrogens is 460 g/mol. The average Bonchev–Trinajstić information content (AvgIpc) is 3.17. The number of carbonyl (C=O) groups excluding carboxylic acids is 1. The number of thioether (sulfide) groups is 1. The van der Waals surface area contributed by atoms with Crippen molar-refractivity contribution in [1.82, 2.24) is 15.0 Å². The molecule has 0 saturated carbocycles. The number of nitrogens with zero attached hydrogens (tertiary/aromatic N) is 3. The first-order valence-electron chi connectivity index (χ1n) is 10.1. The number of hydrogen-bond donors (Lipinski definition) is 2. The number of aromatic hydroxyl groups is 1. The predicted octanol–water partition coefficient (Wildman–Crippen LogP) is 4.69. The highest BCUT2D eigenvalue weighted by Crippen LogP contribution is 2.27. The lowest BCUT2D eigenvalue weighted by Gasteiger charge is -2.10. The van der Waals surface area contributed by atoms with E-state index in [0.717, 1.165) is 21.8 Å². The third-order valence-electron chi connectivity index (χ3n) is 4.84. The highest BCUT2D eigenvalue weighted by atomic mass is 35.5. The fourth-order valence-corrected chi connectivity index (χ4v) is 4.23. The molecule has 4 rings (SSSR count). The van der Waals surface area contributed by atoms with Gasteiger partial charge in [0.15, 0.2) is 16.7 Å². The first-order valence-corrected chi connectivity index (χ1v) is 11.4. The van der Waals surface area contributed by atoms with Gasteiger partial charge in [-0.2, -0.15) is 5.10 Å². The van der Waals surface area contributed by atoms with E-state index in [1.807, 2.05) is 48.5 Å². The fourth-order valence-electron chi connectivity index (χ4n) is 3.23. The molecule has 1 amide bonds. The molecule has 0 fully saturated rings. The summed E-state index contributed by atoms with van der Waals surface area (Å²) >= 11 is 7.70. The number of nitrogens with one attached hydrogen (secondary N) is 1. The van der Waals surface area contributed by atoms with Gasteiger partial charge in [0.2, 0.25) is 0 Å². The van der Waals surface area contributed by atoms with Gasteiger partial charge in [0.05, 0.1) is 36.7 Å². The van der Waals surface area contributed by atoms with E-state index in [4.69, 9.17) is 21.3 Å². The molecule has 0 aliphatic heterocycles. The Labute approximate surface area is 200 Å². The van der Waals surface area contributed by atoms with Crippen LogP contribution in [0.4, 0.5) is 0 Å². The number of ether oxygens (including phenoxy) is 1. The van der Waals surface area contributed by atoms with Gasteiger partial charge in [-0.3, -0.25) is 4.79 Å². The van der Waals surface area contributed by atoms with Gasteiger partial charge in [0, 0.05) is 5.02 Å². The van der Waals surface area contributed by atoms with Crippen LogP contribution in [0.25, 0.3) is 11.0 Å². The van der Waals surface area contributed by atoms with Crippen LogP contribution in [0.3, 0.4) is 0 Å². The van der Waals surface area contributed by atoms with Crippen LogP contribution in [-0.2, 0) is 11.3 Å². The Kier molecular flexibility index (Phi) is 7.16. The summed E-state index contributed by atoms with van der Waals surface area (Å²) in [5, 5.41) is 15.0. The number of hydrogen-bond acceptors (Lipinski definition) is 6. The van der Waals surface area contributed by atoms with Crippen molar-refractivity contribution in [1.29, 1.82) is 0 Å². The zero-order valence-electron chi connectivity index (χ0n) is 17.7. The summed E-state index contributed by atoms with van der Waals surface area (Å²) < 4.78 is 7.12. The normalized spacial score (nSPS) is 11.2. The van der Waals surface area contributed by atoms with E-state index in [1.54, 1.807) is 12.1 Å². The molecule has 168 valence electrons. The number of amides is 1. The molecule has 0 aliphatic rings. The Bertz CT molecular complexity index is 1320. The first-order chi connectivity index (χ1) is 16.0. The third kappa shape index (κ3) is 5.47. The maximum Gasteiger partial charge on any atom is 0.250 e. The maximum absolute atomic E-state index is 12.4. The molecule has 9 heteroatoms. The number of halogens is 1. The number of methoxy groups -OCH3 is 1. The number of phenols is 1. The molecule has 0 bridgehead atoms. The SMILES string of the molecule is COc1cc(/C=N\NC(=O)CSc2nc3ccccc3n2Cc2ccccc2Cl)ccc1O. The van der Waals surface area contributed by atoms with E-state index in [1.165, 1.54) is 31.2 Å². The van der Waals surface area contributed by atoms with Gasteiger partial charge in [-0.25, -0.2) is 10.4 Å². The van der Waals surface area contributed by atoms with Crippen molar-refractivity contribution < 1.29 is 14.6 Å². The average molecular weight is 481 g/mol. The topological polar surface area (TPSA) is 88.7 Å². The molecule has 4 aromatic rings. The molecule has 3 aromatic carbocycles. The third-order valence-corrected chi connectivity index (χ3v) is 6.19. The smallest absolute Gasteiger partial charge is 0.250 e. The number of carbonyl (C=O) groups is 1. The summed E-state index contributed by atoms with van der Waals surface area (Å²) in [5.41, 5.74) is 5.99. The van der Waals surface area contributed by atoms with Crippen LogP contribution in [0.5, 0.6) is 11.5 Å². The second-order valence-electron chi connectivity index (χ2n) is 7.07. The van der Waals surface area contributed by atoms with E-state index >= 15 is 0 Å². The summed E-state index contributed by atoms with van der Waals surface area (Å²) in [6, 6.07) is 20.3. The number of rotatable bonds is 8.